The molecule has 0 bridgehead atoms. The van der Waals surface area contributed by atoms with Crippen molar-refractivity contribution in [1.29, 1.82) is 0 Å². The first kappa shape index (κ1) is 18.6. The number of rotatable bonds is 8. The summed E-state index contributed by atoms with van der Waals surface area (Å²) >= 11 is 0. The van der Waals surface area contributed by atoms with Gasteiger partial charge < -0.3 is 15.4 Å². The fourth-order valence-electron chi connectivity index (χ4n) is 1.98. The van der Waals surface area contributed by atoms with Crippen molar-refractivity contribution in [3.05, 3.63) is 48.8 Å². The molecule has 0 spiro atoms. The molecule has 0 aliphatic heterocycles. The SMILES string of the molecule is CCOc1ccc(NC(=O)C[S@](=O)CC(=O)Nc2cccnc2)cc1. The van der Waals surface area contributed by atoms with E-state index in [1.54, 1.807) is 42.6 Å². The number of nitrogens with one attached hydrogen (secondary N) is 2. The first-order chi connectivity index (χ1) is 12.1. The molecule has 1 heterocycles. The van der Waals surface area contributed by atoms with E-state index in [4.69, 9.17) is 4.74 Å². The zero-order valence-corrected chi connectivity index (χ0v) is 14.5. The number of carbonyl (C=O) groups excluding carboxylic acids is 2. The highest BCUT2D eigenvalue weighted by molar-refractivity contribution is 7.86. The number of anilines is 2. The lowest BCUT2D eigenvalue weighted by molar-refractivity contribution is -0.114. The van der Waals surface area contributed by atoms with Gasteiger partial charge in [0, 0.05) is 22.7 Å². The first-order valence-electron chi connectivity index (χ1n) is 7.64. The van der Waals surface area contributed by atoms with Gasteiger partial charge in [-0.1, -0.05) is 0 Å². The van der Waals surface area contributed by atoms with Crippen LogP contribution in [0.3, 0.4) is 0 Å². The molecule has 25 heavy (non-hydrogen) atoms. The smallest absolute Gasteiger partial charge is 0.237 e. The highest BCUT2D eigenvalue weighted by Gasteiger charge is 2.13. The van der Waals surface area contributed by atoms with E-state index in [0.717, 1.165) is 0 Å². The zero-order chi connectivity index (χ0) is 18.1. The molecule has 2 aromatic rings. The lowest BCUT2D eigenvalue weighted by Gasteiger charge is -2.07. The third-order valence-electron chi connectivity index (χ3n) is 2.98. The fraction of sp³-hybridized carbons (Fsp3) is 0.235. The average molecular weight is 361 g/mol. The molecular formula is C17H19N3O4S. The second-order valence-corrected chi connectivity index (χ2v) is 6.48. The molecule has 1 aromatic carbocycles. The van der Waals surface area contributed by atoms with Gasteiger partial charge in [-0.2, -0.15) is 0 Å². The number of pyridine rings is 1. The van der Waals surface area contributed by atoms with Crippen LogP contribution < -0.4 is 15.4 Å². The molecule has 0 saturated heterocycles. The topological polar surface area (TPSA) is 97.4 Å². The highest BCUT2D eigenvalue weighted by Crippen LogP contribution is 2.15. The maximum absolute atomic E-state index is 11.9. The molecule has 0 saturated carbocycles. The van der Waals surface area contributed by atoms with Crippen molar-refractivity contribution >= 4 is 34.0 Å². The molecule has 7 nitrogen and oxygen atoms in total. The van der Waals surface area contributed by atoms with E-state index in [9.17, 15) is 13.8 Å². The van der Waals surface area contributed by atoms with E-state index >= 15 is 0 Å². The second kappa shape index (κ2) is 9.53. The molecule has 2 N–H and O–H groups in total. The first-order valence-corrected chi connectivity index (χ1v) is 9.13. The number of nitrogens with zero attached hydrogens (tertiary/aromatic N) is 1. The minimum atomic E-state index is -1.60. The minimum Gasteiger partial charge on any atom is -0.494 e. The third kappa shape index (κ3) is 6.72. The Morgan fingerprint density at radius 3 is 2.24 bits per heavy atom. The van der Waals surface area contributed by atoms with Crippen LogP contribution in [0, 0.1) is 0 Å². The van der Waals surface area contributed by atoms with Gasteiger partial charge in [0.15, 0.2) is 0 Å². The molecule has 8 heteroatoms. The number of amides is 2. The van der Waals surface area contributed by atoms with Crippen LogP contribution in [-0.4, -0.2) is 39.1 Å². The van der Waals surface area contributed by atoms with Crippen molar-refractivity contribution in [2.75, 3.05) is 28.7 Å². The Kier molecular flexibility index (Phi) is 7.09. The van der Waals surface area contributed by atoms with Crippen LogP contribution >= 0.6 is 0 Å². The number of carbonyl (C=O) groups is 2. The van der Waals surface area contributed by atoms with Gasteiger partial charge in [-0.3, -0.25) is 18.8 Å². The summed E-state index contributed by atoms with van der Waals surface area (Å²) in [5.41, 5.74) is 1.09. The van der Waals surface area contributed by atoms with E-state index in [2.05, 4.69) is 15.6 Å². The van der Waals surface area contributed by atoms with Crippen LogP contribution in [0.4, 0.5) is 11.4 Å². The van der Waals surface area contributed by atoms with Crippen LogP contribution in [-0.2, 0) is 20.4 Å². The molecule has 0 radical (unpaired) electrons. The maximum atomic E-state index is 11.9. The Morgan fingerprint density at radius 2 is 1.68 bits per heavy atom. The van der Waals surface area contributed by atoms with Crippen LogP contribution in [0.1, 0.15) is 6.92 Å². The van der Waals surface area contributed by atoms with E-state index in [1.165, 1.54) is 6.20 Å². The van der Waals surface area contributed by atoms with Crippen LogP contribution in [0.15, 0.2) is 48.8 Å². The molecule has 0 unspecified atom stereocenters. The van der Waals surface area contributed by atoms with Gasteiger partial charge in [-0.05, 0) is 43.3 Å². The van der Waals surface area contributed by atoms with Crippen molar-refractivity contribution < 1.29 is 18.5 Å². The Bertz CT molecular complexity index is 735. The van der Waals surface area contributed by atoms with E-state index in [-0.39, 0.29) is 11.5 Å². The van der Waals surface area contributed by atoms with Crippen LogP contribution in [0.25, 0.3) is 0 Å². The van der Waals surface area contributed by atoms with E-state index < -0.39 is 22.6 Å². The van der Waals surface area contributed by atoms with Gasteiger partial charge in [0.05, 0.1) is 18.5 Å². The quantitative estimate of drug-likeness (QED) is 0.747. The van der Waals surface area contributed by atoms with E-state index in [1.807, 2.05) is 6.92 Å². The molecule has 1 aromatic heterocycles. The maximum Gasteiger partial charge on any atom is 0.237 e. The van der Waals surface area contributed by atoms with Gasteiger partial charge in [-0.25, -0.2) is 0 Å². The molecule has 0 aliphatic rings. The largest absolute Gasteiger partial charge is 0.494 e. The molecular weight excluding hydrogens is 342 g/mol. The summed E-state index contributed by atoms with van der Waals surface area (Å²) in [6, 6.07) is 10.2. The number of ether oxygens (including phenoxy) is 1. The van der Waals surface area contributed by atoms with Crippen molar-refractivity contribution in [3.63, 3.8) is 0 Å². The third-order valence-corrected chi connectivity index (χ3v) is 4.15. The molecule has 0 aliphatic carbocycles. The lowest BCUT2D eigenvalue weighted by atomic mass is 10.3. The predicted molar refractivity (Wildman–Crippen MR) is 97.0 cm³/mol. The normalized spacial score (nSPS) is 11.4. The molecule has 2 rings (SSSR count). The van der Waals surface area contributed by atoms with Crippen molar-refractivity contribution in [2.45, 2.75) is 6.92 Å². The van der Waals surface area contributed by atoms with Gasteiger partial charge in [0.2, 0.25) is 11.8 Å². The average Bonchev–Trinajstić information content (AvgIpc) is 2.57. The number of hydrogen-bond acceptors (Lipinski definition) is 5. The monoisotopic (exact) mass is 361 g/mol. The number of aromatic nitrogens is 1. The number of hydrogen-bond donors (Lipinski definition) is 2. The Balaban J connectivity index is 1.77. The van der Waals surface area contributed by atoms with Gasteiger partial charge >= 0.3 is 0 Å². The minimum absolute atomic E-state index is 0.256. The van der Waals surface area contributed by atoms with Gasteiger partial charge in [-0.15, -0.1) is 0 Å². The standard InChI is InChI=1S/C17H19N3O4S/c1-2-24-15-7-5-13(6-8-15)19-16(21)11-25(23)12-17(22)20-14-4-3-9-18-10-14/h3-10H,2,11-12H2,1H3,(H,19,21)(H,20,22)/t25-/m0/s1. The summed E-state index contributed by atoms with van der Waals surface area (Å²) in [7, 11) is -1.60. The predicted octanol–water partition coefficient (Wildman–Crippen LogP) is 1.81. The summed E-state index contributed by atoms with van der Waals surface area (Å²) in [6.07, 6.45) is 3.07. The fourth-order valence-corrected chi connectivity index (χ4v) is 2.81. The molecule has 132 valence electrons. The molecule has 2 amide bonds. The van der Waals surface area contributed by atoms with Crippen molar-refractivity contribution in [3.8, 4) is 5.75 Å². The van der Waals surface area contributed by atoms with Crippen LogP contribution in [0.5, 0.6) is 5.75 Å². The Morgan fingerprint density at radius 1 is 1.04 bits per heavy atom. The summed E-state index contributed by atoms with van der Waals surface area (Å²) in [4.78, 5) is 27.5. The Hall–Kier alpha value is -2.74. The zero-order valence-electron chi connectivity index (χ0n) is 13.7. The lowest BCUT2D eigenvalue weighted by Crippen LogP contribution is -2.26. The summed E-state index contributed by atoms with van der Waals surface area (Å²) < 4.78 is 17.3. The summed E-state index contributed by atoms with van der Waals surface area (Å²) in [6.45, 7) is 2.45. The van der Waals surface area contributed by atoms with Crippen molar-refractivity contribution in [1.82, 2.24) is 4.98 Å². The second-order valence-electron chi connectivity index (χ2n) is 5.02. The van der Waals surface area contributed by atoms with Crippen LogP contribution in [0.2, 0.25) is 0 Å². The van der Waals surface area contributed by atoms with Crippen molar-refractivity contribution in [2.24, 2.45) is 0 Å². The van der Waals surface area contributed by atoms with Gasteiger partial charge in [0.1, 0.15) is 17.3 Å². The van der Waals surface area contributed by atoms with E-state index in [0.29, 0.717) is 23.7 Å². The summed E-state index contributed by atoms with van der Waals surface area (Å²) in [5, 5.41) is 5.21. The number of benzene rings is 1. The summed E-state index contributed by atoms with van der Waals surface area (Å²) in [5.74, 6) is -0.660. The molecule has 1 atom stereocenters. The molecule has 0 fully saturated rings. The van der Waals surface area contributed by atoms with Gasteiger partial charge in [0.25, 0.3) is 0 Å². The Labute approximate surface area is 148 Å². The highest BCUT2D eigenvalue weighted by atomic mass is 32.2.